The summed E-state index contributed by atoms with van der Waals surface area (Å²) in [6, 6.07) is 6.79. The largest absolute Gasteiger partial charge is 0.447 e. The van der Waals surface area contributed by atoms with E-state index < -0.39 is 6.09 Å². The van der Waals surface area contributed by atoms with Gasteiger partial charge in [-0.15, -0.1) is 0 Å². The number of cyclic esters (lactones) is 1. The van der Waals surface area contributed by atoms with Gasteiger partial charge in [0.2, 0.25) is 5.89 Å². The molecule has 0 bridgehead atoms. The van der Waals surface area contributed by atoms with Crippen LogP contribution in [0.15, 0.2) is 28.8 Å². The van der Waals surface area contributed by atoms with Gasteiger partial charge in [-0.2, -0.15) is 4.98 Å². The van der Waals surface area contributed by atoms with Gasteiger partial charge in [0.25, 0.3) is 0 Å². The molecule has 3 rings (SSSR count). The summed E-state index contributed by atoms with van der Waals surface area (Å²) in [5.74, 6) is 0.990. The molecular weight excluding hydrogens is 338 g/mol. The minimum atomic E-state index is -0.419. The fraction of sp³-hybridized carbons (Fsp3) is 0.412. The Morgan fingerprint density at radius 1 is 1.35 bits per heavy atom. The van der Waals surface area contributed by atoms with E-state index in [0.717, 1.165) is 0 Å². The third-order valence-corrected chi connectivity index (χ3v) is 4.02. The van der Waals surface area contributed by atoms with Crippen LogP contribution in [0.2, 0.25) is 0 Å². The topological polar surface area (TPSA) is 101 Å². The number of anilines is 2. The van der Waals surface area contributed by atoms with Crippen LogP contribution in [-0.2, 0) is 17.7 Å². The van der Waals surface area contributed by atoms with Crippen molar-refractivity contribution >= 4 is 23.5 Å². The maximum atomic E-state index is 12.7. The first-order valence-corrected chi connectivity index (χ1v) is 8.53. The zero-order valence-electron chi connectivity index (χ0n) is 14.8. The van der Waals surface area contributed by atoms with E-state index in [1.807, 2.05) is 13.8 Å². The van der Waals surface area contributed by atoms with Crippen molar-refractivity contribution < 1.29 is 18.8 Å². The highest BCUT2D eigenvalue weighted by atomic mass is 16.6. The molecule has 0 radical (unpaired) electrons. The minimum absolute atomic E-state index is 0.212. The minimum Gasteiger partial charge on any atom is -0.447 e. The third kappa shape index (κ3) is 3.76. The maximum absolute atomic E-state index is 12.7. The molecule has 1 N–H and O–H groups in total. The van der Waals surface area contributed by atoms with E-state index in [4.69, 9.17) is 9.26 Å². The quantitative estimate of drug-likeness (QED) is 0.851. The van der Waals surface area contributed by atoms with Gasteiger partial charge in [-0.25, -0.2) is 9.59 Å². The van der Waals surface area contributed by atoms with Crippen LogP contribution in [-0.4, -0.2) is 46.9 Å². The zero-order chi connectivity index (χ0) is 18.5. The lowest BCUT2D eigenvalue weighted by molar-refractivity contribution is 0.181. The molecular formula is C17H21N5O4. The highest BCUT2D eigenvalue weighted by Crippen LogP contribution is 2.28. The lowest BCUT2D eigenvalue weighted by Gasteiger charge is -2.22. The summed E-state index contributed by atoms with van der Waals surface area (Å²) in [7, 11) is 0. The average molecular weight is 359 g/mol. The molecule has 0 saturated carbocycles. The van der Waals surface area contributed by atoms with Crippen molar-refractivity contribution in [2.75, 3.05) is 29.9 Å². The van der Waals surface area contributed by atoms with E-state index >= 15 is 0 Å². The van der Waals surface area contributed by atoms with Gasteiger partial charge in [0.05, 0.1) is 17.9 Å². The Morgan fingerprint density at radius 2 is 2.15 bits per heavy atom. The molecule has 1 saturated heterocycles. The molecule has 3 amide bonds. The summed E-state index contributed by atoms with van der Waals surface area (Å²) in [6.07, 6.45) is 0.248. The number of urea groups is 1. The summed E-state index contributed by atoms with van der Waals surface area (Å²) in [5.41, 5.74) is 1.14. The van der Waals surface area contributed by atoms with E-state index in [2.05, 4.69) is 15.5 Å². The second kappa shape index (κ2) is 7.85. The molecule has 9 heteroatoms. The normalized spacial score (nSPS) is 13.6. The number of hydrogen-bond acceptors (Lipinski definition) is 6. The van der Waals surface area contributed by atoms with Gasteiger partial charge in [0, 0.05) is 13.0 Å². The van der Waals surface area contributed by atoms with Crippen molar-refractivity contribution in [2.24, 2.45) is 0 Å². The van der Waals surface area contributed by atoms with E-state index in [0.29, 0.717) is 49.2 Å². The molecule has 0 unspecified atom stereocenters. The fourth-order valence-corrected chi connectivity index (χ4v) is 2.61. The Morgan fingerprint density at radius 3 is 2.81 bits per heavy atom. The Kier molecular flexibility index (Phi) is 5.35. The number of aryl methyl sites for hydroxylation is 1. The van der Waals surface area contributed by atoms with Crippen LogP contribution < -0.4 is 10.2 Å². The number of amides is 3. The van der Waals surface area contributed by atoms with Gasteiger partial charge in [-0.3, -0.25) is 4.90 Å². The Balaban J connectivity index is 1.73. The number of para-hydroxylation sites is 2. The molecule has 2 heterocycles. The number of nitrogens with zero attached hydrogens (tertiary/aromatic N) is 4. The average Bonchev–Trinajstić information content (AvgIpc) is 3.28. The molecule has 1 aromatic carbocycles. The second-order valence-electron chi connectivity index (χ2n) is 5.69. The number of carbonyl (C=O) groups is 2. The number of rotatable bonds is 6. The zero-order valence-corrected chi connectivity index (χ0v) is 14.8. The number of nitrogens with one attached hydrogen (secondary N) is 1. The molecule has 26 heavy (non-hydrogen) atoms. The molecule has 0 spiro atoms. The number of aromatic nitrogens is 2. The number of benzene rings is 1. The van der Waals surface area contributed by atoms with E-state index in [9.17, 15) is 9.59 Å². The number of carbonyl (C=O) groups excluding carboxylic acids is 2. The van der Waals surface area contributed by atoms with Crippen LogP contribution >= 0.6 is 0 Å². The number of hydrogen-bond donors (Lipinski definition) is 1. The monoisotopic (exact) mass is 359 g/mol. The third-order valence-electron chi connectivity index (χ3n) is 4.02. The maximum Gasteiger partial charge on any atom is 0.414 e. The lowest BCUT2D eigenvalue weighted by Crippen LogP contribution is -2.35. The van der Waals surface area contributed by atoms with Gasteiger partial charge < -0.3 is 19.5 Å². The highest BCUT2D eigenvalue weighted by Gasteiger charge is 2.26. The first-order valence-electron chi connectivity index (χ1n) is 8.53. The molecule has 1 aliphatic heterocycles. The van der Waals surface area contributed by atoms with Crippen LogP contribution in [0.4, 0.5) is 21.0 Å². The predicted octanol–water partition coefficient (Wildman–Crippen LogP) is 2.64. The fourth-order valence-electron chi connectivity index (χ4n) is 2.61. The molecule has 0 atom stereocenters. The summed E-state index contributed by atoms with van der Waals surface area (Å²) < 4.78 is 10.1. The summed E-state index contributed by atoms with van der Waals surface area (Å²) in [5, 5.41) is 6.69. The SMILES string of the molecule is CCc1noc(CN(CC)C(=O)Nc2ccccc2N2CCOC2=O)n1. The van der Waals surface area contributed by atoms with Crippen molar-refractivity contribution in [1.82, 2.24) is 15.0 Å². The predicted molar refractivity (Wildman–Crippen MR) is 93.9 cm³/mol. The van der Waals surface area contributed by atoms with Crippen LogP contribution in [0.25, 0.3) is 0 Å². The Bertz CT molecular complexity index is 791. The molecule has 1 fully saturated rings. The van der Waals surface area contributed by atoms with Crippen LogP contribution in [0.3, 0.4) is 0 Å². The van der Waals surface area contributed by atoms with Crippen molar-refractivity contribution in [3.8, 4) is 0 Å². The molecule has 138 valence electrons. The van der Waals surface area contributed by atoms with E-state index in [1.165, 1.54) is 4.90 Å². The van der Waals surface area contributed by atoms with E-state index in [-0.39, 0.29) is 12.6 Å². The van der Waals surface area contributed by atoms with Crippen molar-refractivity contribution in [3.05, 3.63) is 36.0 Å². The van der Waals surface area contributed by atoms with Crippen LogP contribution in [0, 0.1) is 0 Å². The van der Waals surface area contributed by atoms with Gasteiger partial charge in [-0.1, -0.05) is 24.2 Å². The van der Waals surface area contributed by atoms with Crippen LogP contribution in [0.5, 0.6) is 0 Å². The lowest BCUT2D eigenvalue weighted by atomic mass is 10.2. The van der Waals surface area contributed by atoms with Crippen molar-refractivity contribution in [1.29, 1.82) is 0 Å². The van der Waals surface area contributed by atoms with Gasteiger partial charge in [-0.05, 0) is 19.1 Å². The molecule has 0 aliphatic carbocycles. The van der Waals surface area contributed by atoms with Crippen molar-refractivity contribution in [3.63, 3.8) is 0 Å². The molecule has 1 aliphatic rings. The summed E-state index contributed by atoms with van der Waals surface area (Å²) in [6.45, 7) is 5.25. The molecule has 9 nitrogen and oxygen atoms in total. The Labute approximate surface area is 150 Å². The smallest absolute Gasteiger partial charge is 0.414 e. The van der Waals surface area contributed by atoms with Gasteiger partial charge >= 0.3 is 12.1 Å². The molecule has 1 aromatic heterocycles. The van der Waals surface area contributed by atoms with E-state index in [1.54, 1.807) is 29.2 Å². The Hall–Kier alpha value is -3.10. The summed E-state index contributed by atoms with van der Waals surface area (Å²) in [4.78, 5) is 31.8. The van der Waals surface area contributed by atoms with Crippen LogP contribution in [0.1, 0.15) is 25.6 Å². The number of ether oxygens (including phenoxy) is 1. The van der Waals surface area contributed by atoms with Gasteiger partial charge in [0.15, 0.2) is 5.82 Å². The van der Waals surface area contributed by atoms with Gasteiger partial charge in [0.1, 0.15) is 13.2 Å². The highest BCUT2D eigenvalue weighted by molar-refractivity contribution is 5.98. The van der Waals surface area contributed by atoms with Crippen molar-refractivity contribution in [2.45, 2.75) is 26.8 Å². The first kappa shape index (κ1) is 17.7. The second-order valence-corrected chi connectivity index (χ2v) is 5.69. The molecule has 2 aromatic rings. The summed E-state index contributed by atoms with van der Waals surface area (Å²) >= 11 is 0. The first-order chi connectivity index (χ1) is 12.6. The standard InChI is InChI=1S/C17H21N5O4/c1-3-14-19-15(26-20-14)11-21(4-2)16(23)18-12-7-5-6-8-13(12)22-9-10-25-17(22)24/h5-8H,3-4,9-11H2,1-2H3,(H,18,23).